The average Bonchev–Trinajstić information content (AvgIpc) is 3.17. The van der Waals surface area contributed by atoms with Gasteiger partial charge in [-0.15, -0.1) is 0 Å². The lowest BCUT2D eigenvalue weighted by atomic mass is 9.94. The van der Waals surface area contributed by atoms with Crippen molar-refractivity contribution in [1.82, 2.24) is 10.2 Å². The fourth-order valence-electron chi connectivity index (χ4n) is 6.48. The summed E-state index contributed by atoms with van der Waals surface area (Å²) in [6, 6.07) is 39.6. The SMILES string of the molecule is O=C(NC1CCCCC1)[C@H](Cc1ccccc1)N(Cc1cccc(Cl)c1)C(=O)CN(c1ccc(Oc2ccccc2)cc1)S(=O)(=O)c1ccccc1. The average molecular weight is 736 g/mol. The Kier molecular flexibility index (Phi) is 12.3. The second-order valence-electron chi connectivity index (χ2n) is 12.9. The van der Waals surface area contributed by atoms with Crippen molar-refractivity contribution in [2.45, 2.75) is 62.0 Å². The molecule has 0 aromatic heterocycles. The number of ether oxygens (including phenoxy) is 1. The van der Waals surface area contributed by atoms with Crippen LogP contribution in [0.25, 0.3) is 0 Å². The standard InChI is InChI=1S/C42H42ClN3O5S/c43-34-17-13-16-33(28-34)30-45(40(29-32-14-5-1-6-15-32)42(48)44-35-18-7-2-8-19-35)41(47)31-46(52(49,50)39-22-11-4-12-23-39)36-24-26-38(27-25-36)51-37-20-9-3-10-21-37/h1,3-6,9-17,20-28,35,40H,2,7-8,18-19,29-31H2,(H,44,48)/t40-/m0/s1. The minimum absolute atomic E-state index is 0.00854. The highest BCUT2D eigenvalue weighted by Crippen LogP contribution is 2.29. The highest BCUT2D eigenvalue weighted by molar-refractivity contribution is 7.92. The number of amides is 2. The molecule has 2 amide bonds. The van der Waals surface area contributed by atoms with E-state index in [0.29, 0.717) is 22.1 Å². The second-order valence-corrected chi connectivity index (χ2v) is 15.2. The van der Waals surface area contributed by atoms with Crippen LogP contribution in [0.3, 0.4) is 0 Å². The van der Waals surface area contributed by atoms with Gasteiger partial charge >= 0.3 is 0 Å². The maximum absolute atomic E-state index is 14.8. The van der Waals surface area contributed by atoms with Crippen LogP contribution in [0.2, 0.25) is 5.02 Å². The first-order chi connectivity index (χ1) is 25.3. The van der Waals surface area contributed by atoms with Crippen molar-refractivity contribution in [3.63, 3.8) is 0 Å². The first-order valence-corrected chi connectivity index (χ1v) is 19.4. The summed E-state index contributed by atoms with van der Waals surface area (Å²) in [5.74, 6) is 0.324. The van der Waals surface area contributed by atoms with Gasteiger partial charge in [0.2, 0.25) is 11.8 Å². The van der Waals surface area contributed by atoms with Crippen LogP contribution in [0.15, 0.2) is 144 Å². The van der Waals surface area contributed by atoms with Gasteiger partial charge in [-0.25, -0.2) is 8.42 Å². The summed E-state index contributed by atoms with van der Waals surface area (Å²) in [5, 5.41) is 3.72. The fourth-order valence-corrected chi connectivity index (χ4v) is 8.13. The molecule has 0 saturated heterocycles. The third-order valence-electron chi connectivity index (χ3n) is 9.18. The number of benzene rings is 5. The maximum Gasteiger partial charge on any atom is 0.264 e. The number of carbonyl (C=O) groups is 2. The number of nitrogens with one attached hydrogen (secondary N) is 1. The van der Waals surface area contributed by atoms with E-state index in [1.165, 1.54) is 17.0 Å². The molecular weight excluding hydrogens is 694 g/mol. The molecule has 1 N–H and O–H groups in total. The highest BCUT2D eigenvalue weighted by atomic mass is 35.5. The first kappa shape index (κ1) is 36.7. The van der Waals surface area contributed by atoms with Gasteiger partial charge in [-0.05, 0) is 84.6 Å². The Balaban J connectivity index is 1.38. The number of carbonyl (C=O) groups excluding carboxylic acids is 2. The number of rotatable bonds is 14. The molecule has 6 rings (SSSR count). The van der Waals surface area contributed by atoms with E-state index in [4.69, 9.17) is 16.3 Å². The summed E-state index contributed by atoms with van der Waals surface area (Å²) in [4.78, 5) is 30.6. The van der Waals surface area contributed by atoms with E-state index in [0.717, 1.165) is 42.0 Å². The van der Waals surface area contributed by atoms with E-state index < -0.39 is 28.5 Å². The molecule has 1 saturated carbocycles. The van der Waals surface area contributed by atoms with Crippen LogP contribution in [0, 0.1) is 0 Å². The van der Waals surface area contributed by atoms with Gasteiger partial charge in [0, 0.05) is 24.0 Å². The summed E-state index contributed by atoms with van der Waals surface area (Å²) >= 11 is 6.38. The van der Waals surface area contributed by atoms with Crippen molar-refractivity contribution in [3.05, 3.63) is 156 Å². The Morgan fingerprint density at radius 2 is 1.33 bits per heavy atom. The third kappa shape index (κ3) is 9.60. The predicted molar refractivity (Wildman–Crippen MR) is 205 cm³/mol. The van der Waals surface area contributed by atoms with Gasteiger partial charge in [0.05, 0.1) is 10.6 Å². The van der Waals surface area contributed by atoms with Crippen LogP contribution in [-0.2, 0) is 32.6 Å². The lowest BCUT2D eigenvalue weighted by Crippen LogP contribution is -2.55. The van der Waals surface area contributed by atoms with E-state index in [1.54, 1.807) is 60.7 Å². The molecular formula is C42H42ClN3O5S. The molecule has 10 heteroatoms. The summed E-state index contributed by atoms with van der Waals surface area (Å²) in [7, 11) is -4.24. The Bertz CT molecular complexity index is 2030. The zero-order valence-corrected chi connectivity index (χ0v) is 30.4. The Hall–Kier alpha value is -5.12. The van der Waals surface area contributed by atoms with Gasteiger partial charge in [0.15, 0.2) is 0 Å². The topological polar surface area (TPSA) is 96.0 Å². The molecule has 5 aromatic carbocycles. The van der Waals surface area contributed by atoms with Crippen LogP contribution in [0.4, 0.5) is 5.69 Å². The van der Waals surface area contributed by atoms with E-state index >= 15 is 0 Å². The van der Waals surface area contributed by atoms with Crippen LogP contribution < -0.4 is 14.4 Å². The van der Waals surface area contributed by atoms with Crippen LogP contribution in [0.5, 0.6) is 11.5 Å². The second kappa shape index (κ2) is 17.4. The molecule has 268 valence electrons. The molecule has 1 fully saturated rings. The molecule has 0 spiro atoms. The van der Waals surface area contributed by atoms with Crippen LogP contribution >= 0.6 is 11.6 Å². The van der Waals surface area contributed by atoms with E-state index in [2.05, 4.69) is 5.32 Å². The Morgan fingerprint density at radius 1 is 0.731 bits per heavy atom. The molecule has 0 unspecified atom stereocenters. The van der Waals surface area contributed by atoms with Gasteiger partial charge in [-0.1, -0.05) is 110 Å². The molecule has 8 nitrogen and oxygen atoms in total. The van der Waals surface area contributed by atoms with Crippen molar-refractivity contribution < 1.29 is 22.7 Å². The van der Waals surface area contributed by atoms with Gasteiger partial charge < -0.3 is 15.0 Å². The van der Waals surface area contributed by atoms with E-state index in [9.17, 15) is 18.0 Å². The van der Waals surface area contributed by atoms with Crippen LogP contribution in [-0.4, -0.2) is 43.8 Å². The van der Waals surface area contributed by atoms with Crippen molar-refractivity contribution in [2.75, 3.05) is 10.8 Å². The molecule has 52 heavy (non-hydrogen) atoms. The summed E-state index contributed by atoms with van der Waals surface area (Å²) in [6.07, 6.45) is 5.17. The Morgan fingerprint density at radius 3 is 1.98 bits per heavy atom. The summed E-state index contributed by atoms with van der Waals surface area (Å²) < 4.78 is 35.8. The predicted octanol–water partition coefficient (Wildman–Crippen LogP) is 8.42. The minimum Gasteiger partial charge on any atom is -0.457 e. The Labute approximate surface area is 311 Å². The van der Waals surface area contributed by atoms with Gasteiger partial charge in [-0.2, -0.15) is 0 Å². The number of hydrogen-bond donors (Lipinski definition) is 1. The maximum atomic E-state index is 14.8. The van der Waals surface area contributed by atoms with E-state index in [1.807, 2.05) is 66.7 Å². The van der Waals surface area contributed by atoms with Gasteiger partial charge in [0.1, 0.15) is 24.1 Å². The van der Waals surface area contributed by atoms with E-state index in [-0.39, 0.29) is 35.5 Å². The van der Waals surface area contributed by atoms with Crippen molar-refractivity contribution in [3.8, 4) is 11.5 Å². The molecule has 0 aliphatic heterocycles. The molecule has 0 heterocycles. The summed E-state index contributed by atoms with van der Waals surface area (Å²) in [6.45, 7) is -0.517. The minimum atomic E-state index is -4.24. The molecule has 1 aliphatic carbocycles. The number of para-hydroxylation sites is 1. The molecule has 0 radical (unpaired) electrons. The van der Waals surface area contributed by atoms with Gasteiger partial charge in [-0.3, -0.25) is 13.9 Å². The zero-order valence-electron chi connectivity index (χ0n) is 28.8. The largest absolute Gasteiger partial charge is 0.457 e. The lowest BCUT2D eigenvalue weighted by molar-refractivity contribution is -0.140. The third-order valence-corrected chi connectivity index (χ3v) is 11.2. The quantitative estimate of drug-likeness (QED) is 0.124. The van der Waals surface area contributed by atoms with Crippen molar-refractivity contribution >= 4 is 39.1 Å². The number of sulfonamides is 1. The molecule has 1 atom stereocenters. The monoisotopic (exact) mass is 735 g/mol. The fraction of sp³-hybridized carbons (Fsp3) is 0.238. The normalized spacial score (nSPS) is 13.9. The molecule has 5 aromatic rings. The molecule has 1 aliphatic rings. The summed E-state index contributed by atoms with van der Waals surface area (Å²) in [5.41, 5.74) is 1.86. The highest BCUT2D eigenvalue weighted by Gasteiger charge is 2.35. The number of halogens is 1. The first-order valence-electron chi connectivity index (χ1n) is 17.6. The smallest absolute Gasteiger partial charge is 0.264 e. The van der Waals surface area contributed by atoms with Crippen LogP contribution in [0.1, 0.15) is 43.2 Å². The molecule has 0 bridgehead atoms. The zero-order chi connectivity index (χ0) is 36.3. The number of anilines is 1. The van der Waals surface area contributed by atoms with Crippen molar-refractivity contribution in [1.29, 1.82) is 0 Å². The van der Waals surface area contributed by atoms with Gasteiger partial charge in [0.25, 0.3) is 10.0 Å². The van der Waals surface area contributed by atoms with Crippen molar-refractivity contribution in [2.24, 2.45) is 0 Å². The lowest BCUT2D eigenvalue weighted by Gasteiger charge is -2.35. The number of hydrogen-bond acceptors (Lipinski definition) is 5. The number of nitrogens with zero attached hydrogens (tertiary/aromatic N) is 2.